The van der Waals surface area contributed by atoms with Crippen molar-refractivity contribution in [3.8, 4) is 0 Å². The molecule has 104 valence electrons. The Kier molecular flexibility index (Phi) is 5.12. The minimum Gasteiger partial charge on any atom is -0.399 e. The van der Waals surface area contributed by atoms with Gasteiger partial charge in [0.1, 0.15) is 0 Å². The fourth-order valence-electron chi connectivity index (χ4n) is 1.54. The molecule has 2 rings (SSSR count). The topological polar surface area (TPSA) is 55.1 Å². The summed E-state index contributed by atoms with van der Waals surface area (Å²) in [6.45, 7) is 0. The molecule has 0 aliphatic rings. The molecule has 0 unspecified atom stereocenters. The number of nitrogen functional groups attached to an aromatic ring is 1. The first kappa shape index (κ1) is 15.8. The van der Waals surface area contributed by atoms with Crippen LogP contribution in [-0.2, 0) is 0 Å². The van der Waals surface area contributed by atoms with Crippen LogP contribution in [-0.4, -0.2) is 5.91 Å². The van der Waals surface area contributed by atoms with Crippen molar-refractivity contribution >= 4 is 76.7 Å². The molecule has 3 nitrogen and oxygen atoms in total. The number of benzene rings is 2. The standard InChI is InChI=1S/C13H8Br3ClN2O/c14-8-3-6(1-2-11(8)17)13(20)19-12-9(15)4-7(18)5-10(12)16/h1-5H,18H2,(H,19,20). The number of carbonyl (C=O) groups excluding carboxylic acids is 1. The molecule has 1 amide bonds. The number of nitrogens with one attached hydrogen (secondary N) is 1. The summed E-state index contributed by atoms with van der Waals surface area (Å²) in [6.07, 6.45) is 0. The minimum atomic E-state index is -0.242. The lowest BCUT2D eigenvalue weighted by molar-refractivity contribution is 0.102. The van der Waals surface area contributed by atoms with Gasteiger partial charge in [0.05, 0.1) is 10.7 Å². The van der Waals surface area contributed by atoms with E-state index >= 15 is 0 Å². The summed E-state index contributed by atoms with van der Waals surface area (Å²) >= 11 is 15.9. The number of rotatable bonds is 2. The maximum atomic E-state index is 12.2. The molecule has 0 saturated carbocycles. The van der Waals surface area contributed by atoms with Gasteiger partial charge in [-0.3, -0.25) is 4.79 Å². The molecular weight excluding hydrogens is 475 g/mol. The second-order valence-electron chi connectivity index (χ2n) is 3.94. The van der Waals surface area contributed by atoms with Gasteiger partial charge in [0, 0.05) is 24.7 Å². The van der Waals surface area contributed by atoms with E-state index in [9.17, 15) is 4.79 Å². The van der Waals surface area contributed by atoms with E-state index in [1.165, 1.54) is 0 Å². The average Bonchev–Trinajstić information content (AvgIpc) is 2.36. The normalized spacial score (nSPS) is 10.4. The summed E-state index contributed by atoms with van der Waals surface area (Å²) < 4.78 is 2.07. The first-order valence-corrected chi connectivity index (χ1v) is 8.15. The molecule has 2 aromatic carbocycles. The molecule has 0 saturated heterocycles. The van der Waals surface area contributed by atoms with Crippen LogP contribution in [0.2, 0.25) is 5.02 Å². The van der Waals surface area contributed by atoms with Crippen molar-refractivity contribution in [2.75, 3.05) is 11.1 Å². The predicted octanol–water partition coefficient (Wildman–Crippen LogP) is 5.46. The number of nitrogens with two attached hydrogens (primary N) is 1. The van der Waals surface area contributed by atoms with E-state index in [4.69, 9.17) is 17.3 Å². The maximum absolute atomic E-state index is 12.2. The number of anilines is 2. The van der Waals surface area contributed by atoms with Gasteiger partial charge in [-0.25, -0.2) is 0 Å². The van der Waals surface area contributed by atoms with Gasteiger partial charge in [-0.2, -0.15) is 0 Å². The van der Waals surface area contributed by atoms with Crippen molar-refractivity contribution in [2.45, 2.75) is 0 Å². The van der Waals surface area contributed by atoms with E-state index in [-0.39, 0.29) is 5.91 Å². The van der Waals surface area contributed by atoms with Gasteiger partial charge in [0.2, 0.25) is 0 Å². The third-order valence-electron chi connectivity index (χ3n) is 2.48. The van der Waals surface area contributed by atoms with Crippen molar-refractivity contribution in [1.29, 1.82) is 0 Å². The highest BCUT2D eigenvalue weighted by molar-refractivity contribution is 9.11. The second-order valence-corrected chi connectivity index (χ2v) is 6.91. The van der Waals surface area contributed by atoms with E-state index < -0.39 is 0 Å². The highest BCUT2D eigenvalue weighted by Crippen LogP contribution is 2.34. The van der Waals surface area contributed by atoms with Gasteiger partial charge in [-0.1, -0.05) is 11.6 Å². The number of amides is 1. The molecule has 20 heavy (non-hydrogen) atoms. The van der Waals surface area contributed by atoms with Crippen LogP contribution >= 0.6 is 59.4 Å². The Hall–Kier alpha value is -0.560. The highest BCUT2D eigenvalue weighted by Gasteiger charge is 2.13. The Bertz CT molecular complexity index is 668. The Balaban J connectivity index is 2.30. The first-order valence-electron chi connectivity index (χ1n) is 5.39. The SMILES string of the molecule is Nc1cc(Br)c(NC(=O)c2ccc(Cl)c(Br)c2)c(Br)c1. The first-order chi connectivity index (χ1) is 9.38. The Morgan fingerprint density at radius 1 is 1.05 bits per heavy atom. The zero-order valence-electron chi connectivity index (χ0n) is 9.88. The summed E-state index contributed by atoms with van der Waals surface area (Å²) in [5.74, 6) is -0.242. The molecule has 0 aliphatic carbocycles. The number of hydrogen-bond donors (Lipinski definition) is 2. The molecule has 0 spiro atoms. The lowest BCUT2D eigenvalue weighted by Crippen LogP contribution is -2.13. The van der Waals surface area contributed by atoms with Crippen LogP contribution in [0.25, 0.3) is 0 Å². The molecule has 7 heteroatoms. The summed E-state index contributed by atoms with van der Waals surface area (Å²) in [6, 6.07) is 8.42. The molecule has 0 heterocycles. The van der Waals surface area contributed by atoms with E-state index in [1.807, 2.05) is 0 Å². The van der Waals surface area contributed by atoms with Crippen molar-refractivity contribution in [2.24, 2.45) is 0 Å². The molecule has 0 radical (unpaired) electrons. The summed E-state index contributed by atoms with van der Waals surface area (Å²) in [4.78, 5) is 12.2. The third-order valence-corrected chi connectivity index (χ3v) is 4.95. The zero-order valence-corrected chi connectivity index (χ0v) is 15.4. The molecule has 0 bridgehead atoms. The number of hydrogen-bond acceptors (Lipinski definition) is 2. The Morgan fingerprint density at radius 3 is 2.20 bits per heavy atom. The smallest absolute Gasteiger partial charge is 0.255 e. The molecule has 0 fully saturated rings. The monoisotopic (exact) mass is 480 g/mol. The van der Waals surface area contributed by atoms with Crippen molar-refractivity contribution in [1.82, 2.24) is 0 Å². The molecule has 0 aromatic heterocycles. The molecular formula is C13H8Br3ClN2O. The van der Waals surface area contributed by atoms with Gasteiger partial charge >= 0.3 is 0 Å². The molecule has 0 atom stereocenters. The third kappa shape index (κ3) is 3.55. The molecule has 3 N–H and O–H groups in total. The average molecular weight is 483 g/mol. The van der Waals surface area contributed by atoms with Crippen LogP contribution in [0.1, 0.15) is 10.4 Å². The van der Waals surface area contributed by atoms with Gasteiger partial charge in [-0.15, -0.1) is 0 Å². The highest BCUT2D eigenvalue weighted by atomic mass is 79.9. The number of carbonyl (C=O) groups is 1. The van der Waals surface area contributed by atoms with Crippen molar-refractivity contribution in [3.63, 3.8) is 0 Å². The van der Waals surface area contributed by atoms with E-state index in [1.54, 1.807) is 30.3 Å². The molecule has 0 aliphatic heterocycles. The van der Waals surface area contributed by atoms with Crippen LogP contribution in [0.5, 0.6) is 0 Å². The van der Waals surface area contributed by atoms with Gasteiger partial charge in [-0.05, 0) is 78.1 Å². The fourth-order valence-corrected chi connectivity index (χ4v) is 3.45. The Labute approximate surface area is 146 Å². The number of halogens is 4. The maximum Gasteiger partial charge on any atom is 0.255 e. The summed E-state index contributed by atoms with van der Waals surface area (Å²) in [7, 11) is 0. The van der Waals surface area contributed by atoms with Crippen LogP contribution in [0.4, 0.5) is 11.4 Å². The molecule has 2 aromatic rings. The van der Waals surface area contributed by atoms with Crippen LogP contribution in [0.3, 0.4) is 0 Å². The van der Waals surface area contributed by atoms with Crippen LogP contribution in [0.15, 0.2) is 43.7 Å². The quantitative estimate of drug-likeness (QED) is 0.558. The Morgan fingerprint density at radius 2 is 1.65 bits per heavy atom. The predicted molar refractivity (Wildman–Crippen MR) is 93.4 cm³/mol. The van der Waals surface area contributed by atoms with Crippen LogP contribution in [0, 0.1) is 0 Å². The second kappa shape index (κ2) is 6.47. The van der Waals surface area contributed by atoms with Crippen LogP contribution < -0.4 is 11.1 Å². The fraction of sp³-hybridized carbons (Fsp3) is 0. The minimum absolute atomic E-state index is 0.242. The summed E-state index contributed by atoms with van der Waals surface area (Å²) in [5.41, 5.74) is 7.42. The van der Waals surface area contributed by atoms with Crippen molar-refractivity contribution in [3.05, 3.63) is 54.3 Å². The van der Waals surface area contributed by atoms with E-state index in [0.717, 1.165) is 0 Å². The largest absolute Gasteiger partial charge is 0.399 e. The zero-order chi connectivity index (χ0) is 14.9. The van der Waals surface area contributed by atoms with Gasteiger partial charge in [0.25, 0.3) is 5.91 Å². The van der Waals surface area contributed by atoms with Gasteiger partial charge in [0.15, 0.2) is 0 Å². The van der Waals surface area contributed by atoms with Crippen molar-refractivity contribution < 1.29 is 4.79 Å². The van der Waals surface area contributed by atoms with E-state index in [2.05, 4.69) is 53.1 Å². The lowest BCUT2D eigenvalue weighted by atomic mass is 10.2. The van der Waals surface area contributed by atoms with Gasteiger partial charge < -0.3 is 11.1 Å². The van der Waals surface area contributed by atoms with E-state index in [0.29, 0.717) is 35.4 Å². The lowest BCUT2D eigenvalue weighted by Gasteiger charge is -2.11. The summed E-state index contributed by atoms with van der Waals surface area (Å²) in [5, 5.41) is 3.37.